The van der Waals surface area contributed by atoms with Gasteiger partial charge in [0.05, 0.1) is 0 Å². The number of pyridine rings is 1. The Bertz CT molecular complexity index is 446. The van der Waals surface area contributed by atoms with Gasteiger partial charge in [0.15, 0.2) is 0 Å². The van der Waals surface area contributed by atoms with Crippen LogP contribution in [0, 0.1) is 5.41 Å². The number of nitrogens with one attached hydrogen (secondary N) is 2. The lowest BCUT2D eigenvalue weighted by atomic mass is 9.70. The van der Waals surface area contributed by atoms with Crippen LogP contribution < -0.4 is 10.9 Å². The van der Waals surface area contributed by atoms with E-state index in [1.165, 1.54) is 31.5 Å². The predicted molar refractivity (Wildman–Crippen MR) is 61.4 cm³/mol. The molecular formula is C12H16N2O2. The molecule has 0 unspecified atom stereocenters. The topological polar surface area (TPSA) is 62.0 Å². The summed E-state index contributed by atoms with van der Waals surface area (Å²) in [7, 11) is 0. The molecule has 0 radical (unpaired) electrons. The Balaban J connectivity index is 1.95. The van der Waals surface area contributed by atoms with Crippen molar-refractivity contribution in [2.24, 2.45) is 5.41 Å². The van der Waals surface area contributed by atoms with Gasteiger partial charge >= 0.3 is 0 Å². The van der Waals surface area contributed by atoms with Crippen molar-refractivity contribution in [3.05, 3.63) is 34.2 Å². The van der Waals surface area contributed by atoms with Crippen LogP contribution in [-0.2, 0) is 0 Å². The lowest BCUT2D eigenvalue weighted by Gasteiger charge is -2.38. The van der Waals surface area contributed by atoms with Crippen molar-refractivity contribution in [3.8, 4) is 0 Å². The molecular weight excluding hydrogens is 204 g/mol. The fraction of sp³-hybridized carbons (Fsp3) is 0.500. The van der Waals surface area contributed by atoms with E-state index in [1.807, 2.05) is 0 Å². The Labute approximate surface area is 94.1 Å². The highest BCUT2D eigenvalue weighted by molar-refractivity contribution is 5.93. The van der Waals surface area contributed by atoms with E-state index < -0.39 is 0 Å². The zero-order valence-corrected chi connectivity index (χ0v) is 9.38. The minimum absolute atomic E-state index is 0.167. The fourth-order valence-corrected chi connectivity index (χ4v) is 1.94. The maximum Gasteiger partial charge on any atom is 0.251 e. The van der Waals surface area contributed by atoms with Crippen LogP contribution >= 0.6 is 0 Å². The summed E-state index contributed by atoms with van der Waals surface area (Å²) in [5.74, 6) is -0.167. The first-order chi connectivity index (χ1) is 7.59. The Morgan fingerprint density at radius 2 is 2.31 bits per heavy atom. The summed E-state index contributed by atoms with van der Waals surface area (Å²) in [4.78, 5) is 25.2. The number of H-pyrrole nitrogens is 1. The van der Waals surface area contributed by atoms with E-state index in [-0.39, 0.29) is 16.9 Å². The molecule has 2 rings (SSSR count). The summed E-state index contributed by atoms with van der Waals surface area (Å²) in [6.45, 7) is 2.87. The largest absolute Gasteiger partial charge is 0.351 e. The van der Waals surface area contributed by atoms with Crippen LogP contribution in [0.15, 0.2) is 23.1 Å². The second-order valence-corrected chi connectivity index (χ2v) is 4.79. The third-order valence-corrected chi connectivity index (χ3v) is 3.27. The van der Waals surface area contributed by atoms with Gasteiger partial charge in [-0.1, -0.05) is 13.3 Å². The van der Waals surface area contributed by atoms with E-state index in [4.69, 9.17) is 0 Å². The van der Waals surface area contributed by atoms with Crippen LogP contribution in [0.5, 0.6) is 0 Å². The molecule has 1 aliphatic rings. The SMILES string of the molecule is CC1(CNC(=O)c2cc[nH]c(=O)c2)CCC1. The van der Waals surface area contributed by atoms with Crippen LogP contribution in [0.3, 0.4) is 0 Å². The molecule has 0 bridgehead atoms. The van der Waals surface area contributed by atoms with Crippen molar-refractivity contribution in [1.29, 1.82) is 0 Å². The van der Waals surface area contributed by atoms with Gasteiger partial charge in [0.25, 0.3) is 5.91 Å². The standard InChI is InChI=1S/C12H16N2O2/c1-12(4-2-5-12)8-14-11(16)9-3-6-13-10(15)7-9/h3,6-7H,2,4-5,8H2,1H3,(H,13,15)(H,14,16). The molecule has 0 saturated heterocycles. The minimum Gasteiger partial charge on any atom is -0.351 e. The Morgan fingerprint density at radius 1 is 1.56 bits per heavy atom. The molecule has 86 valence electrons. The minimum atomic E-state index is -0.248. The van der Waals surface area contributed by atoms with E-state index in [1.54, 1.807) is 6.07 Å². The third-order valence-electron chi connectivity index (χ3n) is 3.27. The van der Waals surface area contributed by atoms with E-state index in [0.717, 1.165) is 0 Å². The lowest BCUT2D eigenvalue weighted by Crippen LogP contribution is -2.40. The molecule has 4 heteroatoms. The van der Waals surface area contributed by atoms with Crippen molar-refractivity contribution in [2.45, 2.75) is 26.2 Å². The molecule has 0 atom stereocenters. The zero-order chi connectivity index (χ0) is 11.6. The normalized spacial score (nSPS) is 17.6. The fourth-order valence-electron chi connectivity index (χ4n) is 1.94. The number of carbonyl (C=O) groups is 1. The monoisotopic (exact) mass is 220 g/mol. The van der Waals surface area contributed by atoms with Gasteiger partial charge < -0.3 is 10.3 Å². The highest BCUT2D eigenvalue weighted by Gasteiger charge is 2.31. The Hall–Kier alpha value is -1.58. The molecule has 0 spiro atoms. The highest BCUT2D eigenvalue weighted by atomic mass is 16.2. The van der Waals surface area contributed by atoms with Gasteiger partial charge in [0.2, 0.25) is 5.56 Å². The van der Waals surface area contributed by atoms with Gasteiger partial charge in [0.1, 0.15) is 0 Å². The van der Waals surface area contributed by atoms with Crippen molar-refractivity contribution in [3.63, 3.8) is 0 Å². The van der Waals surface area contributed by atoms with E-state index in [0.29, 0.717) is 12.1 Å². The van der Waals surface area contributed by atoms with Crippen molar-refractivity contribution < 1.29 is 4.79 Å². The second kappa shape index (κ2) is 4.12. The smallest absolute Gasteiger partial charge is 0.251 e. The first kappa shape index (κ1) is 10.9. The third kappa shape index (κ3) is 2.32. The summed E-state index contributed by atoms with van der Waals surface area (Å²) >= 11 is 0. The van der Waals surface area contributed by atoms with Gasteiger partial charge in [-0.05, 0) is 24.3 Å². The molecule has 1 aromatic heterocycles. The van der Waals surface area contributed by atoms with Gasteiger partial charge in [-0.2, -0.15) is 0 Å². The number of carbonyl (C=O) groups excluding carboxylic acids is 1. The molecule has 1 aromatic rings. The maximum atomic E-state index is 11.7. The number of hydrogen-bond donors (Lipinski definition) is 2. The number of amides is 1. The van der Waals surface area contributed by atoms with Gasteiger partial charge in [0, 0.05) is 24.4 Å². The van der Waals surface area contributed by atoms with Gasteiger partial charge in [-0.3, -0.25) is 9.59 Å². The van der Waals surface area contributed by atoms with Crippen LogP contribution in [0.2, 0.25) is 0 Å². The van der Waals surface area contributed by atoms with Crippen molar-refractivity contribution >= 4 is 5.91 Å². The zero-order valence-electron chi connectivity index (χ0n) is 9.38. The molecule has 16 heavy (non-hydrogen) atoms. The van der Waals surface area contributed by atoms with Gasteiger partial charge in [-0.25, -0.2) is 0 Å². The average Bonchev–Trinajstić information content (AvgIpc) is 2.23. The van der Waals surface area contributed by atoms with Crippen molar-refractivity contribution in [2.75, 3.05) is 6.54 Å². The highest BCUT2D eigenvalue weighted by Crippen LogP contribution is 2.39. The molecule has 2 N–H and O–H groups in total. The molecule has 1 amide bonds. The first-order valence-corrected chi connectivity index (χ1v) is 5.56. The summed E-state index contributed by atoms with van der Waals surface area (Å²) in [6.07, 6.45) is 5.07. The molecule has 1 heterocycles. The maximum absolute atomic E-state index is 11.7. The van der Waals surface area contributed by atoms with Crippen LogP contribution in [0.25, 0.3) is 0 Å². The summed E-state index contributed by atoms with van der Waals surface area (Å²) < 4.78 is 0. The number of aromatic nitrogens is 1. The van der Waals surface area contributed by atoms with E-state index in [2.05, 4.69) is 17.2 Å². The van der Waals surface area contributed by atoms with Crippen LogP contribution in [-0.4, -0.2) is 17.4 Å². The molecule has 4 nitrogen and oxygen atoms in total. The molecule has 1 saturated carbocycles. The summed E-state index contributed by atoms with van der Waals surface area (Å²) in [5.41, 5.74) is 0.436. The Kier molecular flexibility index (Phi) is 2.81. The predicted octanol–water partition coefficient (Wildman–Crippen LogP) is 1.29. The quantitative estimate of drug-likeness (QED) is 0.806. The molecule has 1 aliphatic carbocycles. The number of rotatable bonds is 3. The summed E-state index contributed by atoms with van der Waals surface area (Å²) in [5, 5.41) is 2.88. The second-order valence-electron chi connectivity index (χ2n) is 4.79. The lowest BCUT2D eigenvalue weighted by molar-refractivity contribution is 0.0890. The Morgan fingerprint density at radius 3 is 2.88 bits per heavy atom. The van der Waals surface area contributed by atoms with Crippen LogP contribution in [0.1, 0.15) is 36.5 Å². The molecule has 1 fully saturated rings. The molecule has 0 aliphatic heterocycles. The van der Waals surface area contributed by atoms with E-state index >= 15 is 0 Å². The molecule has 0 aromatic carbocycles. The number of hydrogen-bond acceptors (Lipinski definition) is 2. The number of aromatic amines is 1. The first-order valence-electron chi connectivity index (χ1n) is 5.56. The average molecular weight is 220 g/mol. The van der Waals surface area contributed by atoms with E-state index in [9.17, 15) is 9.59 Å². The summed E-state index contributed by atoms with van der Waals surface area (Å²) in [6, 6.07) is 2.93. The van der Waals surface area contributed by atoms with Crippen LogP contribution in [0.4, 0.5) is 0 Å². The van der Waals surface area contributed by atoms with Crippen molar-refractivity contribution in [1.82, 2.24) is 10.3 Å². The van der Waals surface area contributed by atoms with Gasteiger partial charge in [-0.15, -0.1) is 0 Å².